The normalized spacial score (nSPS) is 15.0. The van der Waals surface area contributed by atoms with Crippen molar-refractivity contribution in [2.75, 3.05) is 13.7 Å². The third-order valence-electron chi connectivity index (χ3n) is 1.31. The molecule has 0 aromatic carbocycles. The van der Waals surface area contributed by atoms with Crippen molar-refractivity contribution in [3.63, 3.8) is 0 Å². The molecule has 2 nitrogen and oxygen atoms in total. The van der Waals surface area contributed by atoms with Crippen LogP contribution < -0.4 is 5.32 Å². The first-order chi connectivity index (χ1) is 4.95. The zero-order chi connectivity index (χ0) is 8.91. The Bertz CT molecular complexity index is 104. The summed E-state index contributed by atoms with van der Waals surface area (Å²) in [7, 11) is 1.69. The van der Waals surface area contributed by atoms with Gasteiger partial charge in [0.15, 0.2) is 0 Å². The van der Waals surface area contributed by atoms with Crippen molar-refractivity contribution < 1.29 is 17.9 Å². The van der Waals surface area contributed by atoms with Gasteiger partial charge in [-0.15, -0.1) is 13.2 Å². The van der Waals surface area contributed by atoms with Crippen molar-refractivity contribution in [1.29, 1.82) is 0 Å². The minimum atomic E-state index is -4.49. The lowest BCUT2D eigenvalue weighted by atomic mass is 10.2. The quantitative estimate of drug-likeness (QED) is 0.692. The Morgan fingerprint density at radius 2 is 2.00 bits per heavy atom. The van der Waals surface area contributed by atoms with Crippen LogP contribution in [0, 0.1) is 0 Å². The predicted molar refractivity (Wildman–Crippen MR) is 35.1 cm³/mol. The topological polar surface area (TPSA) is 21.3 Å². The number of nitrogens with one attached hydrogen (secondary N) is 1. The highest BCUT2D eigenvalue weighted by Gasteiger charge is 2.28. The zero-order valence-corrected chi connectivity index (χ0v) is 6.53. The lowest BCUT2D eigenvalue weighted by Gasteiger charge is -2.11. The summed E-state index contributed by atoms with van der Waals surface area (Å²) in [5.41, 5.74) is 0. The molecule has 0 saturated heterocycles. The second-order valence-corrected chi connectivity index (χ2v) is 2.27. The number of rotatable bonds is 4. The highest BCUT2D eigenvalue weighted by Crippen LogP contribution is 2.16. The van der Waals surface area contributed by atoms with Crippen LogP contribution in [0.4, 0.5) is 13.2 Å². The lowest BCUT2D eigenvalue weighted by Crippen LogP contribution is -2.24. The van der Waals surface area contributed by atoms with Gasteiger partial charge in [0.25, 0.3) is 0 Å². The molecule has 0 aliphatic rings. The number of ether oxygens (including phenoxy) is 1. The van der Waals surface area contributed by atoms with Gasteiger partial charge in [-0.2, -0.15) is 0 Å². The molecule has 0 radical (unpaired) electrons. The molecule has 0 rings (SSSR count). The summed E-state index contributed by atoms with van der Waals surface area (Å²) < 4.78 is 37.7. The zero-order valence-electron chi connectivity index (χ0n) is 6.53. The minimum absolute atomic E-state index is 0.0531. The Kier molecular flexibility index (Phi) is 4.44. The molecule has 1 unspecified atom stereocenters. The van der Waals surface area contributed by atoms with Gasteiger partial charge in [-0.3, -0.25) is 4.74 Å². The summed E-state index contributed by atoms with van der Waals surface area (Å²) >= 11 is 0. The van der Waals surface area contributed by atoms with Gasteiger partial charge in [-0.25, -0.2) is 0 Å². The van der Waals surface area contributed by atoms with Gasteiger partial charge in [0.1, 0.15) is 0 Å². The van der Waals surface area contributed by atoms with Crippen LogP contribution in [0.2, 0.25) is 0 Å². The van der Waals surface area contributed by atoms with Crippen LogP contribution in [-0.2, 0) is 4.74 Å². The largest absolute Gasteiger partial charge is 0.522 e. The molecule has 5 heteroatoms. The van der Waals surface area contributed by atoms with Crippen LogP contribution in [0.25, 0.3) is 0 Å². The van der Waals surface area contributed by atoms with Crippen molar-refractivity contribution in [3.05, 3.63) is 0 Å². The number of halogens is 3. The van der Waals surface area contributed by atoms with E-state index in [2.05, 4.69) is 10.1 Å². The predicted octanol–water partition coefficient (Wildman–Crippen LogP) is 1.52. The molecular weight excluding hydrogens is 159 g/mol. The summed E-state index contributed by atoms with van der Waals surface area (Å²) in [6.07, 6.45) is -4.14. The minimum Gasteiger partial charge on any atom is -0.317 e. The Morgan fingerprint density at radius 3 is 2.36 bits per heavy atom. The molecule has 0 spiro atoms. The first-order valence-corrected chi connectivity index (χ1v) is 3.33. The molecule has 0 aliphatic carbocycles. The van der Waals surface area contributed by atoms with Gasteiger partial charge in [0, 0.05) is 6.04 Å². The molecule has 0 fully saturated rings. The molecule has 1 N–H and O–H groups in total. The summed E-state index contributed by atoms with van der Waals surface area (Å²) in [6, 6.07) is 0.0531. The van der Waals surface area contributed by atoms with Crippen LogP contribution in [0.5, 0.6) is 0 Å². The lowest BCUT2D eigenvalue weighted by molar-refractivity contribution is -0.324. The molecule has 68 valence electrons. The maximum absolute atomic E-state index is 11.4. The van der Waals surface area contributed by atoms with E-state index in [0.717, 1.165) is 0 Å². The SMILES string of the molecule is CNC(C)CCOC(F)(F)F. The molecule has 0 aromatic rings. The Labute approximate surface area is 63.7 Å². The maximum atomic E-state index is 11.4. The van der Waals surface area contributed by atoms with E-state index >= 15 is 0 Å². The third-order valence-corrected chi connectivity index (χ3v) is 1.31. The van der Waals surface area contributed by atoms with E-state index in [4.69, 9.17) is 0 Å². The average Bonchev–Trinajstić information content (AvgIpc) is 1.85. The van der Waals surface area contributed by atoms with Gasteiger partial charge in [-0.1, -0.05) is 0 Å². The Morgan fingerprint density at radius 1 is 1.45 bits per heavy atom. The standard InChI is InChI=1S/C6H12F3NO/c1-5(10-2)3-4-11-6(7,8)9/h5,10H,3-4H2,1-2H3. The monoisotopic (exact) mass is 171 g/mol. The number of hydrogen-bond donors (Lipinski definition) is 1. The fraction of sp³-hybridized carbons (Fsp3) is 1.00. The molecule has 0 bridgehead atoms. The van der Waals surface area contributed by atoms with Crippen molar-refractivity contribution >= 4 is 0 Å². The highest BCUT2D eigenvalue weighted by molar-refractivity contribution is 4.54. The third kappa shape index (κ3) is 7.61. The van der Waals surface area contributed by atoms with E-state index in [0.29, 0.717) is 6.42 Å². The van der Waals surface area contributed by atoms with E-state index in [1.165, 1.54) is 0 Å². The number of hydrogen-bond acceptors (Lipinski definition) is 2. The van der Waals surface area contributed by atoms with Gasteiger partial charge in [0.05, 0.1) is 6.61 Å². The summed E-state index contributed by atoms with van der Waals surface area (Å²) in [5, 5.41) is 2.80. The smallest absolute Gasteiger partial charge is 0.317 e. The van der Waals surface area contributed by atoms with E-state index in [9.17, 15) is 13.2 Å². The Hall–Kier alpha value is -0.290. The molecular formula is C6H12F3NO. The molecule has 0 amide bonds. The fourth-order valence-corrected chi connectivity index (χ4v) is 0.496. The van der Waals surface area contributed by atoms with Crippen LogP contribution >= 0.6 is 0 Å². The summed E-state index contributed by atoms with van der Waals surface area (Å²) in [5.74, 6) is 0. The molecule has 11 heavy (non-hydrogen) atoms. The van der Waals surface area contributed by atoms with E-state index in [1.807, 2.05) is 0 Å². The van der Waals surface area contributed by atoms with E-state index in [-0.39, 0.29) is 12.6 Å². The molecule has 0 heterocycles. The average molecular weight is 171 g/mol. The van der Waals surface area contributed by atoms with Crippen molar-refractivity contribution in [3.8, 4) is 0 Å². The van der Waals surface area contributed by atoms with Crippen LogP contribution in [0.15, 0.2) is 0 Å². The van der Waals surface area contributed by atoms with Gasteiger partial charge < -0.3 is 5.32 Å². The second-order valence-electron chi connectivity index (χ2n) is 2.27. The van der Waals surface area contributed by atoms with Crippen LogP contribution in [0.1, 0.15) is 13.3 Å². The van der Waals surface area contributed by atoms with Crippen molar-refractivity contribution in [1.82, 2.24) is 5.32 Å². The van der Waals surface area contributed by atoms with Gasteiger partial charge in [-0.05, 0) is 20.4 Å². The molecule has 1 atom stereocenters. The summed E-state index contributed by atoms with van der Waals surface area (Å²) in [4.78, 5) is 0. The van der Waals surface area contributed by atoms with Crippen molar-refractivity contribution in [2.24, 2.45) is 0 Å². The van der Waals surface area contributed by atoms with Crippen LogP contribution in [0.3, 0.4) is 0 Å². The molecule has 0 saturated carbocycles. The fourth-order valence-electron chi connectivity index (χ4n) is 0.496. The number of alkyl halides is 3. The van der Waals surface area contributed by atoms with Crippen LogP contribution in [-0.4, -0.2) is 26.1 Å². The summed E-state index contributed by atoms with van der Waals surface area (Å²) in [6.45, 7) is 1.51. The first kappa shape index (κ1) is 10.7. The Balaban J connectivity index is 3.28. The maximum Gasteiger partial charge on any atom is 0.522 e. The van der Waals surface area contributed by atoms with E-state index in [1.54, 1.807) is 14.0 Å². The van der Waals surface area contributed by atoms with E-state index < -0.39 is 6.36 Å². The molecule has 0 aromatic heterocycles. The van der Waals surface area contributed by atoms with Gasteiger partial charge >= 0.3 is 6.36 Å². The second kappa shape index (κ2) is 4.56. The first-order valence-electron chi connectivity index (χ1n) is 3.33. The van der Waals surface area contributed by atoms with Gasteiger partial charge in [0.2, 0.25) is 0 Å². The van der Waals surface area contributed by atoms with Crippen molar-refractivity contribution in [2.45, 2.75) is 25.7 Å². The molecule has 0 aliphatic heterocycles. The highest BCUT2D eigenvalue weighted by atomic mass is 19.4.